The number of alkyl halides is 3. The minimum Gasteiger partial charge on any atom is -0.383 e. The number of hydrogen-bond acceptors (Lipinski definition) is 2. The zero-order chi connectivity index (χ0) is 7.78. The Morgan fingerprint density at radius 2 is 1.90 bits per heavy atom. The molecule has 2 nitrogen and oxygen atoms in total. The topological polar surface area (TPSA) is 32.3 Å². The largest absolute Gasteiger partial charge is 0.414 e. The fraction of sp³-hybridized carbons (Fsp3) is 1.00. The van der Waals surface area contributed by atoms with Crippen LogP contribution in [0.1, 0.15) is 0 Å². The standard InChI is InChI=1S/C5H8F3NO/c6-5(7,8)4(10)3-1-9-2-3/h3-4,9-10H,1-2H2/t4-/m1/s1. The van der Waals surface area contributed by atoms with E-state index in [4.69, 9.17) is 5.11 Å². The first-order valence-corrected chi connectivity index (χ1v) is 2.97. The van der Waals surface area contributed by atoms with E-state index in [0.29, 0.717) is 0 Å². The molecule has 0 bridgehead atoms. The molecule has 1 fully saturated rings. The first-order chi connectivity index (χ1) is 4.52. The second-order valence-corrected chi connectivity index (χ2v) is 2.40. The molecule has 5 heteroatoms. The third-order valence-corrected chi connectivity index (χ3v) is 1.59. The van der Waals surface area contributed by atoms with Gasteiger partial charge in [-0.1, -0.05) is 0 Å². The van der Waals surface area contributed by atoms with Gasteiger partial charge in [0.1, 0.15) is 0 Å². The van der Waals surface area contributed by atoms with Crippen LogP contribution in [0.25, 0.3) is 0 Å². The molecule has 1 saturated heterocycles. The molecule has 1 rings (SSSR count). The molecule has 1 atom stereocenters. The number of aliphatic hydroxyl groups is 1. The zero-order valence-corrected chi connectivity index (χ0v) is 5.15. The number of rotatable bonds is 1. The Hall–Kier alpha value is -0.290. The summed E-state index contributed by atoms with van der Waals surface area (Å²) in [4.78, 5) is 0. The van der Waals surface area contributed by atoms with Crippen molar-refractivity contribution >= 4 is 0 Å². The van der Waals surface area contributed by atoms with Crippen LogP contribution < -0.4 is 5.32 Å². The molecule has 1 heterocycles. The van der Waals surface area contributed by atoms with Crippen molar-refractivity contribution in [1.82, 2.24) is 5.32 Å². The van der Waals surface area contributed by atoms with Gasteiger partial charge in [-0.3, -0.25) is 0 Å². The molecule has 0 spiro atoms. The maximum atomic E-state index is 11.6. The maximum absolute atomic E-state index is 11.6. The fourth-order valence-corrected chi connectivity index (χ4v) is 0.802. The molecule has 60 valence electrons. The van der Waals surface area contributed by atoms with E-state index in [1.165, 1.54) is 0 Å². The van der Waals surface area contributed by atoms with Crippen LogP contribution in [0, 0.1) is 5.92 Å². The summed E-state index contributed by atoms with van der Waals surface area (Å²) < 4.78 is 34.9. The predicted molar refractivity (Wildman–Crippen MR) is 28.4 cm³/mol. The summed E-state index contributed by atoms with van der Waals surface area (Å²) in [5.41, 5.74) is 0. The minimum absolute atomic E-state index is 0.265. The normalized spacial score (nSPS) is 24.0. The van der Waals surface area contributed by atoms with Crippen LogP contribution in [-0.2, 0) is 0 Å². The molecule has 0 aromatic heterocycles. The Morgan fingerprint density at radius 3 is 2.00 bits per heavy atom. The van der Waals surface area contributed by atoms with Crippen molar-refractivity contribution in [3.8, 4) is 0 Å². The van der Waals surface area contributed by atoms with Gasteiger partial charge in [-0.2, -0.15) is 13.2 Å². The lowest BCUT2D eigenvalue weighted by Crippen LogP contribution is -2.53. The highest BCUT2D eigenvalue weighted by molar-refractivity contribution is 4.85. The van der Waals surface area contributed by atoms with E-state index in [9.17, 15) is 13.2 Å². The van der Waals surface area contributed by atoms with E-state index in [-0.39, 0.29) is 13.1 Å². The summed E-state index contributed by atoms with van der Waals surface area (Å²) in [6.45, 7) is 0.529. The maximum Gasteiger partial charge on any atom is 0.414 e. The lowest BCUT2D eigenvalue weighted by molar-refractivity contribution is -0.223. The van der Waals surface area contributed by atoms with Gasteiger partial charge in [0.05, 0.1) is 0 Å². The Bertz CT molecular complexity index is 121. The van der Waals surface area contributed by atoms with Crippen LogP contribution in [0.15, 0.2) is 0 Å². The second kappa shape index (κ2) is 2.39. The van der Waals surface area contributed by atoms with Gasteiger partial charge in [-0.25, -0.2) is 0 Å². The second-order valence-electron chi connectivity index (χ2n) is 2.40. The number of nitrogens with one attached hydrogen (secondary N) is 1. The highest BCUT2D eigenvalue weighted by Gasteiger charge is 2.45. The van der Waals surface area contributed by atoms with Crippen molar-refractivity contribution in [2.75, 3.05) is 13.1 Å². The van der Waals surface area contributed by atoms with Crippen LogP contribution in [0.3, 0.4) is 0 Å². The van der Waals surface area contributed by atoms with E-state index in [1.807, 2.05) is 0 Å². The molecule has 0 radical (unpaired) electrons. The van der Waals surface area contributed by atoms with Gasteiger partial charge in [-0.05, 0) is 0 Å². The van der Waals surface area contributed by atoms with Crippen molar-refractivity contribution in [3.63, 3.8) is 0 Å². The molecule has 1 aliphatic heterocycles. The van der Waals surface area contributed by atoms with E-state index < -0.39 is 18.2 Å². The molecule has 10 heavy (non-hydrogen) atoms. The molecular formula is C5H8F3NO. The molecular weight excluding hydrogens is 147 g/mol. The Balaban J connectivity index is 2.39. The molecule has 0 unspecified atom stereocenters. The lowest BCUT2D eigenvalue weighted by atomic mass is 9.96. The number of hydrogen-bond donors (Lipinski definition) is 2. The van der Waals surface area contributed by atoms with Crippen molar-refractivity contribution in [3.05, 3.63) is 0 Å². The molecule has 0 aromatic carbocycles. The Morgan fingerprint density at radius 1 is 1.40 bits per heavy atom. The minimum atomic E-state index is -4.45. The van der Waals surface area contributed by atoms with Gasteiger partial charge in [0.25, 0.3) is 0 Å². The molecule has 0 saturated carbocycles. The van der Waals surface area contributed by atoms with Crippen LogP contribution in [-0.4, -0.2) is 30.5 Å². The quantitative estimate of drug-likeness (QED) is 0.564. The van der Waals surface area contributed by atoms with Gasteiger partial charge in [0.2, 0.25) is 0 Å². The first-order valence-electron chi connectivity index (χ1n) is 2.97. The molecule has 1 aliphatic rings. The molecule has 0 aliphatic carbocycles. The van der Waals surface area contributed by atoms with E-state index >= 15 is 0 Å². The Labute approximate surface area is 56.0 Å². The summed E-state index contributed by atoms with van der Waals surface area (Å²) >= 11 is 0. The van der Waals surface area contributed by atoms with Crippen LogP contribution >= 0.6 is 0 Å². The number of aliphatic hydroxyl groups excluding tert-OH is 1. The van der Waals surface area contributed by atoms with Gasteiger partial charge in [-0.15, -0.1) is 0 Å². The molecule has 2 N–H and O–H groups in total. The van der Waals surface area contributed by atoms with E-state index in [0.717, 1.165) is 0 Å². The van der Waals surface area contributed by atoms with Crippen molar-refractivity contribution < 1.29 is 18.3 Å². The summed E-state index contributed by atoms with van der Waals surface area (Å²) in [6.07, 6.45) is -6.60. The zero-order valence-electron chi connectivity index (χ0n) is 5.15. The Kier molecular flexibility index (Phi) is 1.87. The van der Waals surface area contributed by atoms with Crippen LogP contribution in [0.4, 0.5) is 13.2 Å². The molecule has 0 aromatic rings. The van der Waals surface area contributed by atoms with Crippen molar-refractivity contribution in [1.29, 1.82) is 0 Å². The van der Waals surface area contributed by atoms with Gasteiger partial charge < -0.3 is 10.4 Å². The van der Waals surface area contributed by atoms with Crippen LogP contribution in [0.2, 0.25) is 0 Å². The van der Waals surface area contributed by atoms with E-state index in [1.54, 1.807) is 0 Å². The first kappa shape index (κ1) is 7.81. The predicted octanol–water partition coefficient (Wildman–Crippen LogP) is 0.129. The average Bonchev–Trinajstić information content (AvgIpc) is 1.57. The summed E-state index contributed by atoms with van der Waals surface area (Å²) in [5.74, 6) is -0.639. The SMILES string of the molecule is O[C@H](C1CNC1)C(F)(F)F. The molecule has 0 amide bonds. The fourth-order valence-electron chi connectivity index (χ4n) is 0.802. The van der Waals surface area contributed by atoms with E-state index in [2.05, 4.69) is 5.32 Å². The van der Waals surface area contributed by atoms with Gasteiger partial charge >= 0.3 is 6.18 Å². The van der Waals surface area contributed by atoms with Gasteiger partial charge in [0, 0.05) is 19.0 Å². The third kappa shape index (κ3) is 1.41. The summed E-state index contributed by atoms with van der Waals surface area (Å²) in [5, 5.41) is 11.2. The smallest absolute Gasteiger partial charge is 0.383 e. The van der Waals surface area contributed by atoms with Crippen molar-refractivity contribution in [2.45, 2.75) is 12.3 Å². The highest BCUT2D eigenvalue weighted by atomic mass is 19.4. The summed E-state index contributed by atoms with van der Waals surface area (Å²) in [6, 6.07) is 0. The highest BCUT2D eigenvalue weighted by Crippen LogP contribution is 2.27. The van der Waals surface area contributed by atoms with Crippen molar-refractivity contribution in [2.24, 2.45) is 5.92 Å². The lowest BCUT2D eigenvalue weighted by Gasteiger charge is -2.32. The average molecular weight is 155 g/mol. The third-order valence-electron chi connectivity index (χ3n) is 1.59. The summed E-state index contributed by atoms with van der Waals surface area (Å²) in [7, 11) is 0. The monoisotopic (exact) mass is 155 g/mol. The van der Waals surface area contributed by atoms with Crippen LogP contribution in [0.5, 0.6) is 0 Å². The number of halogens is 3. The van der Waals surface area contributed by atoms with Gasteiger partial charge in [0.15, 0.2) is 6.10 Å².